The van der Waals surface area contributed by atoms with E-state index in [0.29, 0.717) is 24.3 Å². The van der Waals surface area contributed by atoms with Crippen molar-refractivity contribution in [1.82, 2.24) is 5.32 Å². The van der Waals surface area contributed by atoms with Crippen molar-refractivity contribution in [2.75, 3.05) is 13.7 Å². The molecule has 1 atom stereocenters. The molecule has 0 aromatic heterocycles. The van der Waals surface area contributed by atoms with Gasteiger partial charge >= 0.3 is 0 Å². The molecule has 5 nitrogen and oxygen atoms in total. The lowest BCUT2D eigenvalue weighted by atomic mass is 9.89. The molecule has 1 amide bonds. The van der Waals surface area contributed by atoms with E-state index in [0.717, 1.165) is 17.1 Å². The highest BCUT2D eigenvalue weighted by molar-refractivity contribution is 5.94. The van der Waals surface area contributed by atoms with E-state index < -0.39 is 0 Å². The van der Waals surface area contributed by atoms with Gasteiger partial charge in [-0.05, 0) is 56.3 Å². The maximum Gasteiger partial charge on any atom is 0.251 e. The fourth-order valence-corrected chi connectivity index (χ4v) is 3.19. The number of carbonyl (C=O) groups is 1. The number of amides is 1. The maximum atomic E-state index is 12.8. The largest absolute Gasteiger partial charge is 0.497 e. The molecule has 0 unspecified atom stereocenters. The van der Waals surface area contributed by atoms with Crippen molar-refractivity contribution in [3.63, 3.8) is 0 Å². The molecule has 2 aromatic rings. The predicted molar refractivity (Wildman–Crippen MR) is 105 cm³/mol. The smallest absolute Gasteiger partial charge is 0.251 e. The summed E-state index contributed by atoms with van der Waals surface area (Å²) in [5.74, 6) is 2.07. The molecule has 1 aliphatic rings. The van der Waals surface area contributed by atoms with Crippen molar-refractivity contribution in [1.29, 1.82) is 0 Å². The maximum absolute atomic E-state index is 12.8. The van der Waals surface area contributed by atoms with Crippen molar-refractivity contribution >= 4 is 5.91 Å². The van der Waals surface area contributed by atoms with Crippen LogP contribution in [-0.4, -0.2) is 25.2 Å². The van der Waals surface area contributed by atoms with E-state index in [1.807, 2.05) is 32.0 Å². The Bertz CT molecular complexity index is 827. The Balaban J connectivity index is 1.80. The Kier molecular flexibility index (Phi) is 5.40. The minimum absolute atomic E-state index is 0.137. The van der Waals surface area contributed by atoms with E-state index >= 15 is 0 Å². The van der Waals surface area contributed by atoms with Crippen molar-refractivity contribution in [3.8, 4) is 17.2 Å². The van der Waals surface area contributed by atoms with Crippen LogP contribution in [0, 0.1) is 0 Å². The highest BCUT2D eigenvalue weighted by Crippen LogP contribution is 2.41. The van der Waals surface area contributed by atoms with Crippen LogP contribution in [0.5, 0.6) is 17.2 Å². The lowest BCUT2D eigenvalue weighted by molar-refractivity contribution is 0.0618. The fraction of sp³-hybridized carbons (Fsp3) is 0.318. The van der Waals surface area contributed by atoms with E-state index in [-0.39, 0.29) is 17.6 Å². The lowest BCUT2D eigenvalue weighted by Crippen LogP contribution is -2.41. The number of benzene rings is 2. The van der Waals surface area contributed by atoms with E-state index in [4.69, 9.17) is 14.2 Å². The standard InChI is InChI=1S/C22H25NO4/c1-5-12-26-16-8-6-15(7-9-16)21(24)23-19-14-22(2,3)27-20-11-10-17(25-4)13-18(19)20/h5-11,13,19H,1,12,14H2,2-4H3,(H,23,24)/t19-/m0/s1. The second kappa shape index (κ2) is 7.74. The highest BCUT2D eigenvalue weighted by Gasteiger charge is 2.35. The van der Waals surface area contributed by atoms with Gasteiger partial charge in [-0.25, -0.2) is 0 Å². The summed E-state index contributed by atoms with van der Waals surface area (Å²) in [4.78, 5) is 12.8. The van der Waals surface area contributed by atoms with Crippen LogP contribution in [0.1, 0.15) is 42.2 Å². The van der Waals surface area contributed by atoms with Gasteiger partial charge in [0.15, 0.2) is 0 Å². The van der Waals surface area contributed by atoms with Gasteiger partial charge in [-0.3, -0.25) is 4.79 Å². The first-order valence-electron chi connectivity index (χ1n) is 8.93. The van der Waals surface area contributed by atoms with Crippen molar-refractivity contribution in [2.45, 2.75) is 31.9 Å². The number of ether oxygens (including phenoxy) is 3. The van der Waals surface area contributed by atoms with Crippen LogP contribution < -0.4 is 19.5 Å². The SMILES string of the molecule is C=CCOc1ccc(C(=O)N[C@H]2CC(C)(C)Oc3ccc(OC)cc32)cc1. The Hall–Kier alpha value is -2.95. The summed E-state index contributed by atoms with van der Waals surface area (Å²) in [6.45, 7) is 8.09. The van der Waals surface area contributed by atoms with Crippen LogP contribution >= 0.6 is 0 Å². The van der Waals surface area contributed by atoms with Gasteiger partial charge in [-0.2, -0.15) is 0 Å². The molecule has 0 saturated heterocycles. The van der Waals surface area contributed by atoms with Gasteiger partial charge < -0.3 is 19.5 Å². The molecule has 0 aliphatic carbocycles. The Labute approximate surface area is 159 Å². The van der Waals surface area contributed by atoms with E-state index in [9.17, 15) is 4.79 Å². The highest BCUT2D eigenvalue weighted by atomic mass is 16.5. The van der Waals surface area contributed by atoms with Gasteiger partial charge in [-0.15, -0.1) is 0 Å². The molecular formula is C22H25NO4. The van der Waals surface area contributed by atoms with Crippen molar-refractivity contribution < 1.29 is 19.0 Å². The molecule has 0 spiro atoms. The molecule has 0 radical (unpaired) electrons. The average Bonchev–Trinajstić information content (AvgIpc) is 2.65. The summed E-state index contributed by atoms with van der Waals surface area (Å²) in [5, 5.41) is 3.13. The zero-order valence-corrected chi connectivity index (χ0v) is 16.0. The van der Waals surface area contributed by atoms with Crippen LogP contribution in [0.25, 0.3) is 0 Å². The van der Waals surface area contributed by atoms with Crippen LogP contribution in [0.4, 0.5) is 0 Å². The van der Waals surface area contributed by atoms with Gasteiger partial charge in [0.1, 0.15) is 29.5 Å². The molecule has 27 heavy (non-hydrogen) atoms. The minimum Gasteiger partial charge on any atom is -0.497 e. The molecule has 0 bridgehead atoms. The summed E-state index contributed by atoms with van der Waals surface area (Å²) in [6, 6.07) is 12.6. The predicted octanol–water partition coefficient (Wildman–Crippen LogP) is 4.29. The first kappa shape index (κ1) is 18.8. The van der Waals surface area contributed by atoms with Gasteiger partial charge in [0.05, 0.1) is 13.2 Å². The lowest BCUT2D eigenvalue weighted by Gasteiger charge is -2.38. The Morgan fingerprint density at radius 3 is 2.63 bits per heavy atom. The van der Waals surface area contributed by atoms with Gasteiger partial charge in [0.25, 0.3) is 5.91 Å². The molecule has 0 fully saturated rings. The van der Waals surface area contributed by atoms with Crippen molar-refractivity contribution in [2.24, 2.45) is 0 Å². The summed E-state index contributed by atoms with van der Waals surface area (Å²) >= 11 is 0. The number of hydrogen-bond acceptors (Lipinski definition) is 4. The quantitative estimate of drug-likeness (QED) is 0.774. The topological polar surface area (TPSA) is 56.8 Å². The van der Waals surface area contributed by atoms with Gasteiger partial charge in [0, 0.05) is 17.5 Å². The van der Waals surface area contributed by atoms with Crippen molar-refractivity contribution in [3.05, 3.63) is 66.2 Å². The van der Waals surface area contributed by atoms with E-state index in [1.54, 1.807) is 37.5 Å². The van der Waals surface area contributed by atoms with Crippen LogP contribution in [0.3, 0.4) is 0 Å². The number of carbonyl (C=O) groups excluding carboxylic acids is 1. The third-order valence-electron chi connectivity index (χ3n) is 4.46. The third kappa shape index (κ3) is 4.42. The summed E-state index contributed by atoms with van der Waals surface area (Å²) < 4.78 is 16.8. The monoisotopic (exact) mass is 367 g/mol. The molecule has 0 saturated carbocycles. The van der Waals surface area contributed by atoms with Gasteiger partial charge in [-0.1, -0.05) is 12.7 Å². The van der Waals surface area contributed by atoms with Gasteiger partial charge in [0.2, 0.25) is 0 Å². The number of nitrogens with one attached hydrogen (secondary N) is 1. The molecule has 3 rings (SSSR count). The zero-order valence-electron chi connectivity index (χ0n) is 16.0. The molecular weight excluding hydrogens is 342 g/mol. The minimum atomic E-state index is -0.373. The first-order valence-corrected chi connectivity index (χ1v) is 8.93. The summed E-state index contributed by atoms with van der Waals surface area (Å²) in [6.07, 6.45) is 2.35. The van der Waals surface area contributed by atoms with E-state index in [2.05, 4.69) is 11.9 Å². The van der Waals surface area contributed by atoms with Crippen LogP contribution in [-0.2, 0) is 0 Å². The number of fused-ring (bicyclic) bond motifs is 1. The molecule has 1 aliphatic heterocycles. The Morgan fingerprint density at radius 1 is 1.26 bits per heavy atom. The molecule has 1 heterocycles. The second-order valence-corrected chi connectivity index (χ2v) is 7.12. The molecule has 1 N–H and O–H groups in total. The summed E-state index contributed by atoms with van der Waals surface area (Å²) in [5.41, 5.74) is 1.13. The van der Waals surface area contributed by atoms with E-state index in [1.165, 1.54) is 0 Å². The Morgan fingerprint density at radius 2 is 1.96 bits per heavy atom. The average molecular weight is 367 g/mol. The number of hydrogen-bond donors (Lipinski definition) is 1. The third-order valence-corrected chi connectivity index (χ3v) is 4.46. The van der Waals surface area contributed by atoms with Crippen LogP contribution in [0.2, 0.25) is 0 Å². The van der Waals surface area contributed by atoms with Crippen LogP contribution in [0.15, 0.2) is 55.1 Å². The normalized spacial score (nSPS) is 17.2. The second-order valence-electron chi connectivity index (χ2n) is 7.12. The zero-order chi connectivity index (χ0) is 19.4. The summed E-state index contributed by atoms with van der Waals surface area (Å²) in [7, 11) is 1.62. The molecule has 5 heteroatoms. The molecule has 142 valence electrons. The molecule has 2 aromatic carbocycles. The first-order chi connectivity index (χ1) is 12.9. The number of methoxy groups -OCH3 is 1. The number of rotatable bonds is 6. The fourth-order valence-electron chi connectivity index (χ4n) is 3.19.